The van der Waals surface area contributed by atoms with Crippen LogP contribution in [-0.4, -0.2) is 17.7 Å². The van der Waals surface area contributed by atoms with Crippen molar-refractivity contribution in [1.29, 1.82) is 0 Å². The Labute approximate surface area is 130 Å². The van der Waals surface area contributed by atoms with E-state index >= 15 is 0 Å². The van der Waals surface area contributed by atoms with Crippen LogP contribution in [-0.2, 0) is 9.59 Å². The van der Waals surface area contributed by atoms with Crippen LogP contribution in [0.3, 0.4) is 0 Å². The quantitative estimate of drug-likeness (QED) is 0.915. The van der Waals surface area contributed by atoms with Crippen molar-refractivity contribution in [1.82, 2.24) is 4.98 Å². The minimum absolute atomic E-state index is 0.250. The normalized spacial score (nSPS) is 10.0. The SMILES string of the molecule is CCC(CC)COc1cccc2nc(C)cc(N)c12.O=C=O. The van der Waals surface area contributed by atoms with Crippen LogP contribution in [0.1, 0.15) is 32.4 Å². The zero-order valence-corrected chi connectivity index (χ0v) is 13.3. The van der Waals surface area contributed by atoms with Crippen molar-refractivity contribution in [2.75, 3.05) is 12.3 Å². The lowest BCUT2D eigenvalue weighted by molar-refractivity contribution is -0.191. The van der Waals surface area contributed by atoms with E-state index in [0.29, 0.717) is 5.92 Å². The number of anilines is 1. The van der Waals surface area contributed by atoms with Crippen LogP contribution in [0.15, 0.2) is 24.3 Å². The van der Waals surface area contributed by atoms with Gasteiger partial charge in [0.2, 0.25) is 0 Å². The predicted octanol–water partition coefficient (Wildman–Crippen LogP) is 3.36. The lowest BCUT2D eigenvalue weighted by Gasteiger charge is -2.16. The minimum Gasteiger partial charge on any atom is -0.493 e. The first-order chi connectivity index (χ1) is 10.6. The molecule has 2 aromatic rings. The largest absolute Gasteiger partial charge is 0.493 e. The molecule has 0 spiro atoms. The van der Waals surface area contributed by atoms with Gasteiger partial charge in [0.25, 0.3) is 0 Å². The van der Waals surface area contributed by atoms with Crippen LogP contribution in [0.25, 0.3) is 10.9 Å². The molecule has 5 nitrogen and oxygen atoms in total. The second-order valence-corrected chi connectivity index (χ2v) is 5.08. The molecule has 0 saturated heterocycles. The van der Waals surface area contributed by atoms with E-state index in [1.807, 2.05) is 31.2 Å². The number of aromatic nitrogens is 1. The number of nitrogens with zero attached hydrogens (tertiary/aromatic N) is 1. The Kier molecular flexibility index (Phi) is 7.06. The second-order valence-electron chi connectivity index (χ2n) is 5.08. The summed E-state index contributed by atoms with van der Waals surface area (Å²) < 4.78 is 5.96. The number of benzene rings is 1. The molecular formula is C17H22N2O3. The summed E-state index contributed by atoms with van der Waals surface area (Å²) in [6.45, 7) is 7.08. The molecule has 0 radical (unpaired) electrons. The van der Waals surface area contributed by atoms with Crippen molar-refractivity contribution in [3.8, 4) is 5.75 Å². The maximum absolute atomic E-state index is 8.12. The Morgan fingerprint density at radius 3 is 2.50 bits per heavy atom. The summed E-state index contributed by atoms with van der Waals surface area (Å²) in [7, 11) is 0. The lowest BCUT2D eigenvalue weighted by Crippen LogP contribution is -2.10. The number of hydrogen-bond acceptors (Lipinski definition) is 5. The molecule has 0 atom stereocenters. The van der Waals surface area contributed by atoms with Crippen LogP contribution in [0.2, 0.25) is 0 Å². The third-order valence-corrected chi connectivity index (χ3v) is 3.58. The number of aryl methyl sites for hydroxylation is 1. The number of carbonyl (C=O) groups excluding carboxylic acids is 2. The molecule has 0 amide bonds. The maximum Gasteiger partial charge on any atom is 0.373 e. The fourth-order valence-corrected chi connectivity index (χ4v) is 2.27. The molecule has 0 aliphatic carbocycles. The summed E-state index contributed by atoms with van der Waals surface area (Å²) in [6, 6.07) is 7.81. The van der Waals surface area contributed by atoms with E-state index in [0.717, 1.165) is 47.5 Å². The van der Waals surface area contributed by atoms with E-state index < -0.39 is 0 Å². The van der Waals surface area contributed by atoms with Gasteiger partial charge in [0, 0.05) is 11.4 Å². The molecule has 2 rings (SSSR count). The molecule has 22 heavy (non-hydrogen) atoms. The number of nitrogens with two attached hydrogens (primary N) is 1. The molecule has 5 heteroatoms. The first-order valence-corrected chi connectivity index (χ1v) is 7.35. The van der Waals surface area contributed by atoms with Crippen molar-refractivity contribution in [3.05, 3.63) is 30.0 Å². The summed E-state index contributed by atoms with van der Waals surface area (Å²) in [5, 5.41) is 0.930. The van der Waals surface area contributed by atoms with Crippen molar-refractivity contribution in [2.24, 2.45) is 5.92 Å². The standard InChI is InChI=1S/C16H22N2O.CO2/c1-4-12(5-2)10-19-15-8-6-7-14-16(15)13(17)9-11(3)18-14;2-1-3/h6-9,12H,4-5,10H2,1-3H3,(H2,17,18);. The van der Waals surface area contributed by atoms with Crippen LogP contribution < -0.4 is 10.5 Å². The van der Waals surface area contributed by atoms with Gasteiger partial charge >= 0.3 is 6.15 Å². The highest BCUT2D eigenvalue weighted by atomic mass is 16.5. The smallest absolute Gasteiger partial charge is 0.373 e. The Balaban J connectivity index is 0.000000745. The first-order valence-electron chi connectivity index (χ1n) is 7.35. The second kappa shape index (κ2) is 8.80. The Bertz CT molecular complexity index is 646. The van der Waals surface area contributed by atoms with E-state index in [1.54, 1.807) is 0 Å². The van der Waals surface area contributed by atoms with Gasteiger partial charge in [0.1, 0.15) is 5.75 Å². The first kappa shape index (κ1) is 17.7. The number of nitrogen functional groups attached to an aromatic ring is 1. The van der Waals surface area contributed by atoms with E-state index in [-0.39, 0.29) is 6.15 Å². The van der Waals surface area contributed by atoms with Gasteiger partial charge in [-0.05, 0) is 31.0 Å². The summed E-state index contributed by atoms with van der Waals surface area (Å²) in [5.74, 6) is 1.43. The van der Waals surface area contributed by atoms with Crippen molar-refractivity contribution < 1.29 is 14.3 Å². The molecule has 2 N–H and O–H groups in total. The maximum atomic E-state index is 8.12. The highest BCUT2D eigenvalue weighted by Crippen LogP contribution is 2.30. The predicted molar refractivity (Wildman–Crippen MR) is 85.5 cm³/mol. The number of rotatable bonds is 5. The molecule has 0 aliphatic heterocycles. The Morgan fingerprint density at radius 2 is 1.91 bits per heavy atom. The average molecular weight is 302 g/mol. The molecule has 0 fully saturated rings. The van der Waals surface area contributed by atoms with Crippen molar-refractivity contribution >= 4 is 22.7 Å². The van der Waals surface area contributed by atoms with Gasteiger partial charge < -0.3 is 10.5 Å². The molecule has 0 bridgehead atoms. The highest BCUT2D eigenvalue weighted by Gasteiger charge is 2.10. The molecule has 0 unspecified atom stereocenters. The third kappa shape index (κ3) is 4.57. The lowest BCUT2D eigenvalue weighted by atomic mass is 10.1. The molecule has 1 aromatic carbocycles. The number of hydrogen-bond donors (Lipinski definition) is 1. The molecule has 118 valence electrons. The van der Waals surface area contributed by atoms with E-state index in [2.05, 4.69) is 18.8 Å². The molecule has 0 aliphatic rings. The van der Waals surface area contributed by atoms with Crippen molar-refractivity contribution in [2.45, 2.75) is 33.6 Å². The summed E-state index contributed by atoms with van der Waals surface area (Å²) in [6.07, 6.45) is 2.52. The minimum atomic E-state index is 0.250. The monoisotopic (exact) mass is 302 g/mol. The van der Waals surface area contributed by atoms with Crippen LogP contribution in [0.5, 0.6) is 5.75 Å². The van der Waals surface area contributed by atoms with Gasteiger partial charge in [0.15, 0.2) is 0 Å². The fourth-order valence-electron chi connectivity index (χ4n) is 2.27. The molecular weight excluding hydrogens is 280 g/mol. The summed E-state index contributed by atoms with van der Waals surface area (Å²) in [5.41, 5.74) is 8.68. The number of fused-ring (bicyclic) bond motifs is 1. The Hall–Kier alpha value is -2.39. The Morgan fingerprint density at radius 1 is 1.27 bits per heavy atom. The zero-order valence-electron chi connectivity index (χ0n) is 13.3. The molecule has 1 aromatic heterocycles. The highest BCUT2D eigenvalue weighted by molar-refractivity contribution is 5.95. The summed E-state index contributed by atoms with van der Waals surface area (Å²) in [4.78, 5) is 20.8. The van der Waals surface area contributed by atoms with Gasteiger partial charge in [-0.3, -0.25) is 4.98 Å². The third-order valence-electron chi connectivity index (χ3n) is 3.58. The van der Waals surface area contributed by atoms with Crippen LogP contribution in [0, 0.1) is 12.8 Å². The van der Waals surface area contributed by atoms with E-state index in [4.69, 9.17) is 20.1 Å². The van der Waals surface area contributed by atoms with Crippen LogP contribution >= 0.6 is 0 Å². The van der Waals surface area contributed by atoms with E-state index in [9.17, 15) is 0 Å². The molecule has 1 heterocycles. The van der Waals surface area contributed by atoms with Crippen molar-refractivity contribution in [3.63, 3.8) is 0 Å². The van der Waals surface area contributed by atoms with Gasteiger partial charge in [-0.1, -0.05) is 32.8 Å². The van der Waals surface area contributed by atoms with E-state index in [1.165, 1.54) is 0 Å². The zero-order chi connectivity index (χ0) is 16.5. The van der Waals surface area contributed by atoms with Gasteiger partial charge in [-0.25, -0.2) is 0 Å². The van der Waals surface area contributed by atoms with Gasteiger partial charge in [-0.2, -0.15) is 9.59 Å². The van der Waals surface area contributed by atoms with Gasteiger partial charge in [0.05, 0.1) is 17.5 Å². The summed E-state index contributed by atoms with van der Waals surface area (Å²) >= 11 is 0. The number of ether oxygens (including phenoxy) is 1. The fraction of sp³-hybridized carbons (Fsp3) is 0.412. The topological polar surface area (TPSA) is 82.3 Å². The molecule has 0 saturated carbocycles. The average Bonchev–Trinajstić information content (AvgIpc) is 2.48. The number of pyridine rings is 1. The van der Waals surface area contributed by atoms with Crippen LogP contribution in [0.4, 0.5) is 5.69 Å². The van der Waals surface area contributed by atoms with Gasteiger partial charge in [-0.15, -0.1) is 0 Å².